The molecule has 0 amide bonds. The maximum absolute atomic E-state index is 12.1. The van der Waals surface area contributed by atoms with Crippen molar-refractivity contribution in [3.05, 3.63) is 16.1 Å². The minimum atomic E-state index is -0.229. The van der Waals surface area contributed by atoms with Crippen molar-refractivity contribution in [3.63, 3.8) is 0 Å². The predicted molar refractivity (Wildman–Crippen MR) is 73.6 cm³/mol. The van der Waals surface area contributed by atoms with Crippen LogP contribution in [0.15, 0.2) is 5.38 Å². The third-order valence-electron chi connectivity index (χ3n) is 3.27. The Morgan fingerprint density at radius 2 is 1.88 bits per heavy atom. The summed E-state index contributed by atoms with van der Waals surface area (Å²) in [5.74, 6) is 0.287. The highest BCUT2D eigenvalue weighted by atomic mass is 32.1. The molecule has 0 aromatic carbocycles. The van der Waals surface area contributed by atoms with E-state index in [1.807, 2.05) is 13.8 Å². The van der Waals surface area contributed by atoms with Gasteiger partial charge in [0.05, 0.1) is 12.1 Å². The summed E-state index contributed by atoms with van der Waals surface area (Å²) in [7, 11) is 0. The molecule has 1 heterocycles. The van der Waals surface area contributed by atoms with Crippen LogP contribution in [-0.2, 0) is 16.6 Å². The number of nitrogens with zero attached hydrogens (tertiary/aromatic N) is 1. The Labute approximate surface area is 108 Å². The minimum absolute atomic E-state index is 0.0675. The van der Waals surface area contributed by atoms with Crippen LogP contribution in [0.4, 0.5) is 0 Å². The van der Waals surface area contributed by atoms with Crippen LogP contribution < -0.4 is 0 Å². The van der Waals surface area contributed by atoms with Crippen LogP contribution in [0.2, 0.25) is 0 Å². The lowest BCUT2D eigenvalue weighted by atomic mass is 9.84. The zero-order chi connectivity index (χ0) is 13.3. The van der Waals surface area contributed by atoms with Crippen molar-refractivity contribution >= 4 is 17.1 Å². The summed E-state index contributed by atoms with van der Waals surface area (Å²) in [5, 5.41) is 3.02. The van der Waals surface area contributed by atoms with Crippen molar-refractivity contribution in [1.29, 1.82) is 0 Å². The van der Waals surface area contributed by atoms with E-state index < -0.39 is 0 Å². The van der Waals surface area contributed by atoms with Gasteiger partial charge < -0.3 is 0 Å². The third-order valence-corrected chi connectivity index (χ3v) is 4.12. The fraction of sp³-hybridized carbons (Fsp3) is 0.714. The molecule has 96 valence electrons. The number of thiazole rings is 1. The lowest BCUT2D eigenvalue weighted by molar-refractivity contribution is -0.126. The van der Waals surface area contributed by atoms with Gasteiger partial charge in [-0.15, -0.1) is 11.3 Å². The van der Waals surface area contributed by atoms with E-state index in [-0.39, 0.29) is 16.6 Å². The first-order chi connectivity index (χ1) is 7.66. The minimum Gasteiger partial charge on any atom is -0.299 e. The van der Waals surface area contributed by atoms with Crippen molar-refractivity contribution in [1.82, 2.24) is 4.98 Å². The Morgan fingerprint density at radius 3 is 2.29 bits per heavy atom. The molecule has 3 heteroatoms. The van der Waals surface area contributed by atoms with Crippen molar-refractivity contribution < 1.29 is 4.79 Å². The second kappa shape index (κ2) is 4.89. The number of aromatic nitrogens is 1. The number of Topliss-reactive ketones (excluding diaryl/α,β-unsaturated/α-hetero) is 1. The van der Waals surface area contributed by atoms with Gasteiger partial charge in [0.15, 0.2) is 0 Å². The number of rotatable bonds is 4. The smallest absolute Gasteiger partial charge is 0.145 e. The number of hydrogen-bond donors (Lipinski definition) is 0. The van der Waals surface area contributed by atoms with Crippen LogP contribution in [0.25, 0.3) is 0 Å². The van der Waals surface area contributed by atoms with Crippen LogP contribution in [-0.4, -0.2) is 10.8 Å². The number of hydrogen-bond acceptors (Lipinski definition) is 3. The fourth-order valence-electron chi connectivity index (χ4n) is 1.31. The first kappa shape index (κ1) is 14.4. The molecule has 0 saturated carbocycles. The molecule has 0 N–H and O–H groups in total. The highest BCUT2D eigenvalue weighted by molar-refractivity contribution is 7.09. The second-order valence-electron chi connectivity index (χ2n) is 6.21. The van der Waals surface area contributed by atoms with Gasteiger partial charge in [0.25, 0.3) is 0 Å². The SMILES string of the molecule is CCC(C)(C)C(=O)Cc1nc(C(C)(C)C)cs1. The molecule has 0 saturated heterocycles. The van der Waals surface area contributed by atoms with Gasteiger partial charge in [0.1, 0.15) is 10.8 Å². The number of ketones is 1. The fourth-order valence-corrected chi connectivity index (χ4v) is 2.33. The average Bonchev–Trinajstić information content (AvgIpc) is 2.65. The van der Waals surface area contributed by atoms with Crippen molar-refractivity contribution in [3.8, 4) is 0 Å². The van der Waals surface area contributed by atoms with E-state index in [0.29, 0.717) is 6.42 Å². The summed E-state index contributed by atoms with van der Waals surface area (Å²) < 4.78 is 0. The van der Waals surface area contributed by atoms with Crippen LogP contribution in [0.3, 0.4) is 0 Å². The Kier molecular flexibility index (Phi) is 4.13. The van der Waals surface area contributed by atoms with E-state index in [9.17, 15) is 4.79 Å². The van der Waals surface area contributed by atoms with Crippen LogP contribution in [0.1, 0.15) is 58.7 Å². The van der Waals surface area contributed by atoms with Gasteiger partial charge in [-0.05, 0) is 6.42 Å². The molecule has 1 aromatic heterocycles. The average molecular weight is 253 g/mol. The predicted octanol–water partition coefficient (Wildman–Crippen LogP) is 3.99. The summed E-state index contributed by atoms with van der Waals surface area (Å²) in [4.78, 5) is 16.7. The molecule has 0 unspecified atom stereocenters. The molecule has 0 aliphatic rings. The molecule has 1 aromatic rings. The van der Waals surface area contributed by atoms with Gasteiger partial charge in [-0.1, -0.05) is 41.5 Å². The topological polar surface area (TPSA) is 30.0 Å². The second-order valence-corrected chi connectivity index (χ2v) is 7.16. The van der Waals surface area contributed by atoms with E-state index in [1.54, 1.807) is 11.3 Å². The Morgan fingerprint density at radius 1 is 1.29 bits per heavy atom. The molecule has 0 fully saturated rings. The van der Waals surface area contributed by atoms with E-state index in [1.165, 1.54) is 0 Å². The Balaban J connectivity index is 2.77. The summed E-state index contributed by atoms with van der Waals surface area (Å²) in [5.41, 5.74) is 0.922. The molecule has 2 nitrogen and oxygen atoms in total. The standard InChI is InChI=1S/C14H23NOS/c1-7-14(5,6)11(16)8-12-15-10(9-17-12)13(2,3)4/h9H,7-8H2,1-6H3. The van der Waals surface area contributed by atoms with Gasteiger partial charge in [0, 0.05) is 16.2 Å². The number of carbonyl (C=O) groups excluding carboxylic acids is 1. The van der Waals surface area contributed by atoms with Crippen LogP contribution >= 0.6 is 11.3 Å². The Hall–Kier alpha value is -0.700. The summed E-state index contributed by atoms with van der Waals surface area (Å²) in [6, 6.07) is 0. The molecule has 0 radical (unpaired) electrons. The van der Waals surface area contributed by atoms with Crippen molar-refractivity contribution in [2.45, 2.75) is 59.8 Å². The maximum atomic E-state index is 12.1. The van der Waals surface area contributed by atoms with E-state index in [2.05, 4.69) is 38.1 Å². The summed E-state index contributed by atoms with van der Waals surface area (Å²) >= 11 is 1.60. The maximum Gasteiger partial charge on any atom is 0.145 e. The van der Waals surface area contributed by atoms with E-state index >= 15 is 0 Å². The van der Waals surface area contributed by atoms with Gasteiger partial charge in [-0.3, -0.25) is 4.79 Å². The normalized spacial score (nSPS) is 12.8. The molecule has 0 atom stereocenters. The van der Waals surface area contributed by atoms with Gasteiger partial charge >= 0.3 is 0 Å². The number of carbonyl (C=O) groups is 1. The molecule has 0 bridgehead atoms. The van der Waals surface area contributed by atoms with Crippen molar-refractivity contribution in [2.75, 3.05) is 0 Å². The molecule has 17 heavy (non-hydrogen) atoms. The first-order valence-corrected chi connectivity index (χ1v) is 7.03. The van der Waals surface area contributed by atoms with Gasteiger partial charge in [-0.25, -0.2) is 4.98 Å². The zero-order valence-electron chi connectivity index (χ0n) is 11.8. The summed E-state index contributed by atoms with van der Waals surface area (Å²) in [6.07, 6.45) is 1.35. The molecule has 0 aliphatic heterocycles. The molecule has 0 spiro atoms. The summed E-state index contributed by atoms with van der Waals surface area (Å²) in [6.45, 7) is 12.5. The lowest BCUT2D eigenvalue weighted by Gasteiger charge is -2.20. The molecule has 0 aliphatic carbocycles. The van der Waals surface area contributed by atoms with Crippen LogP contribution in [0.5, 0.6) is 0 Å². The largest absolute Gasteiger partial charge is 0.299 e. The first-order valence-electron chi connectivity index (χ1n) is 6.15. The van der Waals surface area contributed by atoms with Crippen molar-refractivity contribution in [2.24, 2.45) is 5.41 Å². The van der Waals surface area contributed by atoms with Crippen LogP contribution in [0, 0.1) is 5.41 Å². The lowest BCUT2D eigenvalue weighted by Crippen LogP contribution is -2.25. The Bertz CT molecular complexity index is 399. The van der Waals surface area contributed by atoms with Gasteiger partial charge in [0.2, 0.25) is 0 Å². The van der Waals surface area contributed by atoms with E-state index in [4.69, 9.17) is 0 Å². The highest BCUT2D eigenvalue weighted by Crippen LogP contribution is 2.27. The zero-order valence-corrected chi connectivity index (χ0v) is 12.6. The van der Waals surface area contributed by atoms with Gasteiger partial charge in [-0.2, -0.15) is 0 Å². The van der Waals surface area contributed by atoms with E-state index in [0.717, 1.165) is 17.1 Å². The molecule has 1 rings (SSSR count). The molecular formula is C14H23NOS. The third kappa shape index (κ3) is 3.63. The highest BCUT2D eigenvalue weighted by Gasteiger charge is 2.26. The monoisotopic (exact) mass is 253 g/mol. The molecular weight excluding hydrogens is 230 g/mol. The quantitative estimate of drug-likeness (QED) is 0.812.